The third-order valence-electron chi connectivity index (χ3n) is 6.13. The summed E-state index contributed by atoms with van der Waals surface area (Å²) in [5, 5.41) is 60.2. The van der Waals surface area contributed by atoms with Crippen molar-refractivity contribution >= 4 is 0 Å². The van der Waals surface area contributed by atoms with Gasteiger partial charge in [0.05, 0.1) is 18.8 Å². The molecule has 2 heterocycles. The van der Waals surface area contributed by atoms with Crippen LogP contribution in [0.1, 0.15) is 6.42 Å². The highest BCUT2D eigenvalue weighted by Gasteiger charge is 2.52. The summed E-state index contributed by atoms with van der Waals surface area (Å²) in [4.78, 5) is 0. The fourth-order valence-corrected chi connectivity index (χ4v) is 4.16. The molecule has 0 radical (unpaired) electrons. The fourth-order valence-electron chi connectivity index (χ4n) is 4.16. The molecule has 1 saturated carbocycles. The number of hydrogen-bond acceptors (Lipinski definition) is 14. The topological polar surface area (TPSA) is 262 Å². The summed E-state index contributed by atoms with van der Waals surface area (Å²) in [5.41, 5.74) is 23.6. The molecule has 3 fully saturated rings. The second-order valence-electron chi connectivity index (χ2n) is 8.30. The van der Waals surface area contributed by atoms with Crippen LogP contribution in [0.3, 0.4) is 0 Å². The number of aliphatic hydroxyl groups excluding tert-OH is 6. The van der Waals surface area contributed by atoms with Gasteiger partial charge in [0.25, 0.3) is 0 Å². The average Bonchev–Trinajstić information content (AvgIpc) is 3.02. The lowest BCUT2D eigenvalue weighted by molar-refractivity contribution is -0.306. The summed E-state index contributed by atoms with van der Waals surface area (Å²) in [6.07, 6.45) is -13.8. The van der Waals surface area contributed by atoms with Crippen LogP contribution in [0.2, 0.25) is 0 Å². The van der Waals surface area contributed by atoms with E-state index < -0.39 is 92.2 Å². The molecule has 0 aromatic rings. The van der Waals surface area contributed by atoms with Crippen LogP contribution in [0.5, 0.6) is 0 Å². The van der Waals surface area contributed by atoms with Gasteiger partial charge in [-0.1, -0.05) is 0 Å². The van der Waals surface area contributed by atoms with E-state index in [2.05, 4.69) is 0 Å². The minimum absolute atomic E-state index is 0.114. The number of ether oxygens (including phenoxy) is 4. The van der Waals surface area contributed by atoms with Gasteiger partial charge >= 0.3 is 0 Å². The Morgan fingerprint density at radius 2 is 1.29 bits per heavy atom. The van der Waals surface area contributed by atoms with Crippen molar-refractivity contribution in [1.82, 2.24) is 0 Å². The third kappa shape index (κ3) is 4.87. The highest BCUT2D eigenvalue weighted by atomic mass is 16.7. The molecule has 1 aliphatic carbocycles. The molecular weight excluding hydrogens is 420 g/mol. The van der Waals surface area contributed by atoms with Gasteiger partial charge < -0.3 is 72.5 Å². The number of hydrogen-bond donors (Lipinski definition) is 10. The third-order valence-corrected chi connectivity index (χ3v) is 6.13. The van der Waals surface area contributed by atoms with Gasteiger partial charge in [-0.05, 0) is 6.42 Å². The van der Waals surface area contributed by atoms with Crippen LogP contribution < -0.4 is 22.9 Å². The van der Waals surface area contributed by atoms with E-state index in [1.165, 1.54) is 0 Å². The number of rotatable bonds is 6. The van der Waals surface area contributed by atoms with Crippen LogP contribution in [-0.2, 0) is 18.9 Å². The highest BCUT2D eigenvalue weighted by Crippen LogP contribution is 2.31. The molecule has 182 valence electrons. The predicted molar refractivity (Wildman–Crippen MR) is 102 cm³/mol. The van der Waals surface area contributed by atoms with Gasteiger partial charge in [0, 0.05) is 18.6 Å². The van der Waals surface area contributed by atoms with E-state index in [-0.39, 0.29) is 13.0 Å². The van der Waals surface area contributed by atoms with Crippen LogP contribution in [0, 0.1) is 0 Å². The van der Waals surface area contributed by atoms with Crippen molar-refractivity contribution in [1.29, 1.82) is 0 Å². The lowest BCUT2D eigenvalue weighted by Crippen LogP contribution is -2.68. The summed E-state index contributed by atoms with van der Waals surface area (Å²) in [6, 6.07) is -2.72. The van der Waals surface area contributed by atoms with Gasteiger partial charge in [-0.25, -0.2) is 0 Å². The number of aliphatic hydroxyl groups is 6. The lowest BCUT2D eigenvalue weighted by atomic mass is 9.84. The number of nitrogens with two attached hydrogens (primary N) is 4. The van der Waals surface area contributed by atoms with Gasteiger partial charge in [-0.2, -0.15) is 0 Å². The fraction of sp³-hybridized carbons (Fsp3) is 1.00. The van der Waals surface area contributed by atoms with Crippen molar-refractivity contribution in [3.05, 3.63) is 0 Å². The van der Waals surface area contributed by atoms with Crippen LogP contribution >= 0.6 is 0 Å². The summed E-state index contributed by atoms with van der Waals surface area (Å²) in [5.74, 6) is 0. The molecule has 0 unspecified atom stereocenters. The van der Waals surface area contributed by atoms with Crippen LogP contribution in [0.15, 0.2) is 0 Å². The molecule has 0 spiro atoms. The normalized spacial score (nSPS) is 53.6. The van der Waals surface area contributed by atoms with Gasteiger partial charge in [0.1, 0.15) is 48.8 Å². The molecule has 3 rings (SSSR count). The van der Waals surface area contributed by atoms with Crippen molar-refractivity contribution in [3.8, 4) is 0 Å². The summed E-state index contributed by atoms with van der Waals surface area (Å²) < 4.78 is 22.5. The van der Waals surface area contributed by atoms with E-state index in [4.69, 9.17) is 41.9 Å². The smallest absolute Gasteiger partial charge is 0.187 e. The minimum atomic E-state index is -1.51. The summed E-state index contributed by atoms with van der Waals surface area (Å²) in [6.45, 7) is -0.673. The van der Waals surface area contributed by atoms with E-state index in [1.807, 2.05) is 0 Å². The zero-order chi connectivity index (χ0) is 23.0. The molecule has 2 aliphatic heterocycles. The first-order valence-corrected chi connectivity index (χ1v) is 10.2. The first-order valence-electron chi connectivity index (χ1n) is 10.2. The van der Waals surface area contributed by atoms with E-state index >= 15 is 0 Å². The molecule has 0 aromatic carbocycles. The second-order valence-corrected chi connectivity index (χ2v) is 8.30. The Labute approximate surface area is 178 Å². The molecule has 14 nitrogen and oxygen atoms in total. The van der Waals surface area contributed by atoms with Crippen molar-refractivity contribution in [3.63, 3.8) is 0 Å². The summed E-state index contributed by atoms with van der Waals surface area (Å²) >= 11 is 0. The molecular formula is C17H34N4O10. The average molecular weight is 454 g/mol. The maximum Gasteiger partial charge on any atom is 0.187 e. The Morgan fingerprint density at radius 3 is 1.87 bits per heavy atom. The van der Waals surface area contributed by atoms with Crippen molar-refractivity contribution in [2.45, 2.75) is 92.1 Å². The first kappa shape index (κ1) is 25.1. The first-order chi connectivity index (χ1) is 14.6. The van der Waals surface area contributed by atoms with Crippen LogP contribution in [0.25, 0.3) is 0 Å². The molecule has 14 atom stereocenters. The Morgan fingerprint density at radius 1 is 0.710 bits per heavy atom. The van der Waals surface area contributed by atoms with Crippen molar-refractivity contribution in [2.75, 3.05) is 13.2 Å². The molecule has 14 N–H and O–H groups in total. The molecule has 14 heteroatoms. The lowest BCUT2D eigenvalue weighted by Gasteiger charge is -2.47. The van der Waals surface area contributed by atoms with Gasteiger partial charge in [-0.3, -0.25) is 0 Å². The van der Waals surface area contributed by atoms with Gasteiger partial charge in [0.2, 0.25) is 0 Å². The Balaban J connectivity index is 1.78. The molecule has 31 heavy (non-hydrogen) atoms. The summed E-state index contributed by atoms with van der Waals surface area (Å²) in [7, 11) is 0. The van der Waals surface area contributed by atoms with Crippen LogP contribution in [0.4, 0.5) is 0 Å². The molecule has 0 amide bonds. The minimum Gasteiger partial charge on any atom is -0.394 e. The van der Waals surface area contributed by atoms with E-state index in [9.17, 15) is 30.6 Å². The van der Waals surface area contributed by atoms with Crippen molar-refractivity contribution in [2.24, 2.45) is 22.9 Å². The largest absolute Gasteiger partial charge is 0.394 e. The van der Waals surface area contributed by atoms with E-state index in [0.29, 0.717) is 0 Å². The van der Waals surface area contributed by atoms with Crippen LogP contribution in [-0.4, -0.2) is 129 Å². The molecule has 2 saturated heterocycles. The monoisotopic (exact) mass is 454 g/mol. The molecule has 0 aromatic heterocycles. The zero-order valence-corrected chi connectivity index (χ0v) is 16.8. The van der Waals surface area contributed by atoms with Gasteiger partial charge in [-0.15, -0.1) is 0 Å². The second kappa shape index (κ2) is 10.1. The van der Waals surface area contributed by atoms with Gasteiger partial charge in [0.15, 0.2) is 12.6 Å². The molecule has 3 aliphatic rings. The Kier molecular flexibility index (Phi) is 8.21. The highest BCUT2D eigenvalue weighted by molar-refractivity contribution is 5.01. The Bertz CT molecular complexity index is 591. The molecule has 0 bridgehead atoms. The standard InChI is InChI=1S/C17H34N4O10/c18-2-6-10(24)12(26)8(21)16(28-6)30-14-5(20)1-4(19)9(23)15(14)31-17-13(27)11(25)7(3-22)29-17/h4-17,22-27H,1-3,18-21H2/t4-,5+,6-,7+,8-,9+,10-,11+,12-,13+,14-,15-,16-,17-/m0/s1. The zero-order valence-electron chi connectivity index (χ0n) is 16.8. The maximum absolute atomic E-state index is 10.6. The quantitative estimate of drug-likeness (QED) is 0.179. The van der Waals surface area contributed by atoms with E-state index in [1.54, 1.807) is 0 Å². The maximum atomic E-state index is 10.6. The van der Waals surface area contributed by atoms with Crippen molar-refractivity contribution < 1.29 is 49.6 Å². The Hall–Kier alpha value is -0.560. The SMILES string of the molecule is NC[C@@H]1O[C@@H](O[C@@H]2[C@@H](O[C@@H]3O[C@H](CO)[C@@H](O)[C@H]3O)[C@H](O)[C@@H](N)C[C@H]2N)[C@@H](N)[C@H](O)[C@H]1O. The van der Waals surface area contributed by atoms with E-state index in [0.717, 1.165) is 0 Å². The predicted octanol–water partition coefficient (Wildman–Crippen LogP) is -6.65.